The van der Waals surface area contributed by atoms with Crippen molar-refractivity contribution in [3.63, 3.8) is 0 Å². The summed E-state index contributed by atoms with van der Waals surface area (Å²) in [5, 5.41) is 0. The van der Waals surface area contributed by atoms with Crippen LogP contribution in [0.25, 0.3) is 0 Å². The van der Waals surface area contributed by atoms with Crippen molar-refractivity contribution in [2.45, 2.75) is 19.8 Å². The van der Waals surface area contributed by atoms with Crippen LogP contribution in [0.5, 0.6) is 5.75 Å². The third kappa shape index (κ3) is 6.28. The van der Waals surface area contributed by atoms with E-state index in [2.05, 4.69) is 0 Å². The van der Waals surface area contributed by atoms with Crippen LogP contribution in [0.4, 0.5) is 0 Å². The first-order chi connectivity index (χ1) is 13.4. The highest BCUT2D eigenvalue weighted by Crippen LogP contribution is 2.15. The van der Waals surface area contributed by atoms with Gasteiger partial charge in [-0.15, -0.1) is 0 Å². The Morgan fingerprint density at radius 1 is 0.857 bits per heavy atom. The fraction of sp³-hybridized carbons (Fsp3) is 0.238. The van der Waals surface area contributed by atoms with Gasteiger partial charge in [0.05, 0.1) is 6.61 Å². The van der Waals surface area contributed by atoms with Gasteiger partial charge in [-0.25, -0.2) is 4.79 Å². The molecule has 0 atom stereocenters. The zero-order valence-electron chi connectivity index (χ0n) is 15.5. The highest BCUT2D eigenvalue weighted by atomic mass is 32.1. The minimum Gasteiger partial charge on any atom is -0.482 e. The van der Waals surface area contributed by atoms with Gasteiger partial charge in [0, 0.05) is 29.5 Å². The molecular formula is C21H21NO5S. The Hall–Kier alpha value is -3.06. The molecule has 0 aliphatic rings. The zero-order chi connectivity index (χ0) is 20.5. The average Bonchev–Trinajstić information content (AvgIpc) is 2.71. The van der Waals surface area contributed by atoms with Gasteiger partial charge in [-0.1, -0.05) is 36.5 Å². The molecule has 0 aliphatic carbocycles. The van der Waals surface area contributed by atoms with Gasteiger partial charge in [0.1, 0.15) is 10.7 Å². The second-order valence-electron chi connectivity index (χ2n) is 5.91. The van der Waals surface area contributed by atoms with Gasteiger partial charge >= 0.3 is 5.97 Å². The molecule has 0 aromatic heterocycles. The maximum atomic E-state index is 12.3. The first-order valence-electron chi connectivity index (χ1n) is 8.75. The molecule has 6 nitrogen and oxygen atoms in total. The van der Waals surface area contributed by atoms with Crippen molar-refractivity contribution >= 4 is 34.7 Å². The van der Waals surface area contributed by atoms with Crippen LogP contribution in [0, 0.1) is 0 Å². The minimum absolute atomic E-state index is 0.0961. The molecule has 0 saturated heterocycles. The lowest BCUT2D eigenvalue weighted by Gasteiger charge is -2.07. The normalized spacial score (nSPS) is 10.2. The molecule has 2 aromatic carbocycles. The summed E-state index contributed by atoms with van der Waals surface area (Å²) in [5.74, 6) is -0.275. The molecular weight excluding hydrogens is 378 g/mol. The lowest BCUT2D eigenvalue weighted by atomic mass is 10.0. The maximum absolute atomic E-state index is 12.3. The van der Waals surface area contributed by atoms with Gasteiger partial charge in [0.2, 0.25) is 0 Å². The Morgan fingerprint density at radius 3 is 1.79 bits per heavy atom. The fourth-order valence-corrected chi connectivity index (χ4v) is 2.55. The summed E-state index contributed by atoms with van der Waals surface area (Å²) in [6.45, 7) is 1.82. The van der Waals surface area contributed by atoms with Crippen molar-refractivity contribution in [1.82, 2.24) is 0 Å². The van der Waals surface area contributed by atoms with Gasteiger partial charge in [-0.05, 0) is 31.2 Å². The Bertz CT molecular complexity index is 859. The third-order valence-corrected chi connectivity index (χ3v) is 4.14. The number of nitrogens with two attached hydrogens (primary N) is 1. The number of esters is 1. The molecule has 0 radical (unpaired) electrons. The molecule has 0 amide bonds. The summed E-state index contributed by atoms with van der Waals surface area (Å²) in [4.78, 5) is 36.1. The first kappa shape index (κ1) is 21.2. The maximum Gasteiger partial charge on any atom is 0.344 e. The number of benzene rings is 2. The number of hydrogen-bond acceptors (Lipinski definition) is 6. The Morgan fingerprint density at radius 2 is 1.32 bits per heavy atom. The van der Waals surface area contributed by atoms with Gasteiger partial charge in [0.25, 0.3) is 0 Å². The van der Waals surface area contributed by atoms with E-state index in [1.165, 1.54) is 0 Å². The summed E-state index contributed by atoms with van der Waals surface area (Å²) in [6, 6.07) is 13.1. The summed E-state index contributed by atoms with van der Waals surface area (Å²) in [7, 11) is 0. The summed E-state index contributed by atoms with van der Waals surface area (Å²) >= 11 is 4.88. The van der Waals surface area contributed by atoms with Crippen molar-refractivity contribution in [1.29, 1.82) is 0 Å². The van der Waals surface area contributed by atoms with Gasteiger partial charge < -0.3 is 15.2 Å². The second-order valence-corrected chi connectivity index (χ2v) is 6.35. The highest BCUT2D eigenvalue weighted by Gasteiger charge is 2.12. The van der Waals surface area contributed by atoms with Gasteiger partial charge in [-0.3, -0.25) is 9.59 Å². The molecule has 0 fully saturated rings. The van der Waals surface area contributed by atoms with Crippen molar-refractivity contribution in [3.8, 4) is 5.75 Å². The molecule has 0 saturated carbocycles. The van der Waals surface area contributed by atoms with E-state index in [-0.39, 0.29) is 36.0 Å². The Balaban J connectivity index is 1.86. The van der Waals surface area contributed by atoms with Crippen LogP contribution in [-0.2, 0) is 9.53 Å². The Labute approximate surface area is 168 Å². The molecule has 2 rings (SSSR count). The fourth-order valence-electron chi connectivity index (χ4n) is 2.42. The van der Waals surface area contributed by atoms with E-state index in [1.54, 1.807) is 55.5 Å². The van der Waals surface area contributed by atoms with Gasteiger partial charge in [-0.2, -0.15) is 0 Å². The predicted molar refractivity (Wildman–Crippen MR) is 109 cm³/mol. The van der Waals surface area contributed by atoms with Crippen LogP contribution in [-0.4, -0.2) is 35.7 Å². The van der Waals surface area contributed by atoms with Crippen LogP contribution < -0.4 is 10.5 Å². The lowest BCUT2D eigenvalue weighted by molar-refractivity contribution is -0.145. The molecule has 0 aliphatic heterocycles. The van der Waals surface area contributed by atoms with Crippen molar-refractivity contribution in [3.05, 3.63) is 65.2 Å². The van der Waals surface area contributed by atoms with E-state index in [1.807, 2.05) is 0 Å². The Kier molecular flexibility index (Phi) is 7.83. The van der Waals surface area contributed by atoms with Crippen LogP contribution >= 0.6 is 12.2 Å². The summed E-state index contributed by atoms with van der Waals surface area (Å²) in [6.07, 6.45) is 0.200. The average molecular weight is 399 g/mol. The molecule has 0 heterocycles. The van der Waals surface area contributed by atoms with Gasteiger partial charge in [0.15, 0.2) is 18.2 Å². The molecule has 28 heavy (non-hydrogen) atoms. The van der Waals surface area contributed by atoms with Crippen LogP contribution in [0.2, 0.25) is 0 Å². The molecule has 0 bridgehead atoms. The number of Topliss-reactive ketones (excluding diaryl/α,β-unsaturated/α-hetero) is 2. The number of rotatable bonds is 10. The molecule has 0 spiro atoms. The zero-order valence-corrected chi connectivity index (χ0v) is 16.3. The van der Waals surface area contributed by atoms with E-state index in [4.69, 9.17) is 27.4 Å². The lowest BCUT2D eigenvalue weighted by Crippen LogP contribution is -2.14. The van der Waals surface area contributed by atoms with E-state index in [0.717, 1.165) is 0 Å². The predicted octanol–water partition coefficient (Wildman–Crippen LogP) is 3.11. The van der Waals surface area contributed by atoms with E-state index >= 15 is 0 Å². The number of hydrogen-bond donors (Lipinski definition) is 1. The molecule has 0 unspecified atom stereocenters. The van der Waals surface area contributed by atoms with Crippen LogP contribution in [0.3, 0.4) is 0 Å². The largest absolute Gasteiger partial charge is 0.482 e. The minimum atomic E-state index is -0.456. The van der Waals surface area contributed by atoms with Crippen LogP contribution in [0.1, 0.15) is 46.0 Å². The number of ether oxygens (including phenoxy) is 2. The standard InChI is InChI=1S/C21H21NO5S/c1-2-26-20(25)13-27-17-9-7-15(8-10-17)19(24)12-11-18(23)14-3-5-16(6-4-14)21(22)28/h3-10H,2,11-13H2,1H3,(H2,22,28). The van der Waals surface area contributed by atoms with Crippen molar-refractivity contribution < 1.29 is 23.9 Å². The number of carbonyl (C=O) groups is 3. The topological polar surface area (TPSA) is 95.7 Å². The van der Waals surface area contributed by atoms with E-state index in [9.17, 15) is 14.4 Å². The monoisotopic (exact) mass is 399 g/mol. The SMILES string of the molecule is CCOC(=O)COc1ccc(C(=O)CCC(=O)c2ccc(C(N)=S)cc2)cc1. The van der Waals surface area contributed by atoms with Crippen LogP contribution in [0.15, 0.2) is 48.5 Å². The van der Waals surface area contributed by atoms with Crippen molar-refractivity contribution in [2.24, 2.45) is 5.73 Å². The smallest absolute Gasteiger partial charge is 0.344 e. The highest BCUT2D eigenvalue weighted by molar-refractivity contribution is 7.80. The molecule has 2 aromatic rings. The summed E-state index contributed by atoms with van der Waals surface area (Å²) in [5.41, 5.74) is 7.20. The van der Waals surface area contributed by atoms with E-state index < -0.39 is 5.97 Å². The van der Waals surface area contributed by atoms with E-state index in [0.29, 0.717) is 29.0 Å². The van der Waals surface area contributed by atoms with Crippen molar-refractivity contribution in [2.75, 3.05) is 13.2 Å². The number of ketones is 2. The molecule has 7 heteroatoms. The molecule has 2 N–H and O–H groups in total. The second kappa shape index (κ2) is 10.3. The number of thiocarbonyl (C=S) groups is 1. The summed E-state index contributed by atoms with van der Waals surface area (Å²) < 4.78 is 10.1. The first-order valence-corrected chi connectivity index (χ1v) is 9.16. The number of carbonyl (C=O) groups excluding carboxylic acids is 3. The molecule has 146 valence electrons. The quantitative estimate of drug-likeness (QED) is 0.372. The third-order valence-electron chi connectivity index (χ3n) is 3.91.